The molecule has 1 aliphatic rings. The van der Waals surface area contributed by atoms with Crippen molar-refractivity contribution in [1.82, 2.24) is 8.87 Å². The monoisotopic (exact) mass is 491 g/mol. The molecule has 0 aliphatic carbocycles. The molecule has 1 amide bonds. The molecule has 0 saturated carbocycles. The SMILES string of the molecule is C#CCn1c(=NC(=O)[C@H]2CCCN2S(=O)(=O)c2cccs2)sc2c(OC)ccc(OC)c21. The fourth-order valence-electron chi connectivity index (χ4n) is 3.75. The second-order valence-electron chi connectivity index (χ2n) is 6.98. The highest BCUT2D eigenvalue weighted by Gasteiger charge is 2.40. The number of nitrogens with zero attached hydrogens (tertiary/aromatic N) is 3. The molecule has 0 bridgehead atoms. The molecule has 1 aromatic carbocycles. The van der Waals surface area contributed by atoms with Crippen LogP contribution in [0.3, 0.4) is 0 Å². The molecule has 8 nitrogen and oxygen atoms in total. The molecule has 1 fully saturated rings. The molecular formula is C21H21N3O5S3. The van der Waals surface area contributed by atoms with Crippen LogP contribution in [0.4, 0.5) is 0 Å². The Morgan fingerprint density at radius 1 is 1.28 bits per heavy atom. The summed E-state index contributed by atoms with van der Waals surface area (Å²) in [5.74, 6) is 3.24. The molecule has 11 heteroatoms. The molecule has 0 radical (unpaired) electrons. The third kappa shape index (κ3) is 3.84. The number of rotatable bonds is 6. The van der Waals surface area contributed by atoms with Gasteiger partial charge >= 0.3 is 0 Å². The Balaban J connectivity index is 1.81. The van der Waals surface area contributed by atoms with Crippen molar-refractivity contribution in [2.45, 2.75) is 29.6 Å². The van der Waals surface area contributed by atoms with Crippen molar-refractivity contribution in [3.8, 4) is 23.8 Å². The average Bonchev–Trinajstić information content (AvgIpc) is 3.54. The van der Waals surface area contributed by atoms with Crippen molar-refractivity contribution in [3.05, 3.63) is 34.4 Å². The summed E-state index contributed by atoms with van der Waals surface area (Å²) < 4.78 is 40.9. The summed E-state index contributed by atoms with van der Waals surface area (Å²) in [6, 6.07) is 5.91. The number of terminal acetylenes is 1. The third-order valence-corrected chi connectivity index (χ3v) is 9.57. The zero-order valence-electron chi connectivity index (χ0n) is 17.5. The molecule has 32 heavy (non-hydrogen) atoms. The first-order valence-corrected chi connectivity index (χ1v) is 12.9. The summed E-state index contributed by atoms with van der Waals surface area (Å²) in [5.41, 5.74) is 0.677. The van der Waals surface area contributed by atoms with Crippen LogP contribution in [-0.2, 0) is 21.4 Å². The number of sulfonamides is 1. The van der Waals surface area contributed by atoms with Gasteiger partial charge in [-0.2, -0.15) is 9.30 Å². The number of carbonyl (C=O) groups is 1. The lowest BCUT2D eigenvalue weighted by molar-refractivity contribution is -0.121. The normalized spacial score (nSPS) is 17.5. The number of ether oxygens (including phenoxy) is 2. The molecule has 3 heterocycles. The smallest absolute Gasteiger partial charge is 0.266 e. The van der Waals surface area contributed by atoms with Crippen molar-refractivity contribution < 1.29 is 22.7 Å². The van der Waals surface area contributed by atoms with Gasteiger partial charge in [0.2, 0.25) is 0 Å². The van der Waals surface area contributed by atoms with E-state index >= 15 is 0 Å². The Hall–Kier alpha value is -2.65. The van der Waals surface area contributed by atoms with Crippen LogP contribution in [0.5, 0.6) is 11.5 Å². The van der Waals surface area contributed by atoms with Crippen molar-refractivity contribution in [1.29, 1.82) is 0 Å². The van der Waals surface area contributed by atoms with Gasteiger partial charge in [0.25, 0.3) is 15.9 Å². The van der Waals surface area contributed by atoms with E-state index in [1.807, 2.05) is 0 Å². The van der Waals surface area contributed by atoms with Gasteiger partial charge in [-0.05, 0) is 36.4 Å². The van der Waals surface area contributed by atoms with Crippen LogP contribution in [0.1, 0.15) is 12.8 Å². The van der Waals surface area contributed by atoms with Crippen LogP contribution in [-0.4, -0.2) is 50.0 Å². The molecule has 2 aromatic heterocycles. The van der Waals surface area contributed by atoms with Crippen molar-refractivity contribution in [3.63, 3.8) is 0 Å². The highest BCUT2D eigenvalue weighted by Crippen LogP contribution is 2.35. The molecule has 0 spiro atoms. The van der Waals surface area contributed by atoms with Crippen LogP contribution in [0.15, 0.2) is 38.8 Å². The molecule has 1 atom stereocenters. The zero-order chi connectivity index (χ0) is 22.9. The van der Waals surface area contributed by atoms with E-state index in [0.29, 0.717) is 34.7 Å². The molecule has 1 aliphatic heterocycles. The maximum Gasteiger partial charge on any atom is 0.266 e. The van der Waals surface area contributed by atoms with E-state index in [-0.39, 0.29) is 17.3 Å². The fourth-order valence-corrected chi connectivity index (χ4v) is 7.66. The van der Waals surface area contributed by atoms with E-state index in [1.54, 1.807) is 48.4 Å². The summed E-state index contributed by atoms with van der Waals surface area (Å²) in [7, 11) is -0.648. The molecule has 0 N–H and O–H groups in total. The molecule has 3 aromatic rings. The predicted octanol–water partition coefficient (Wildman–Crippen LogP) is 2.70. The van der Waals surface area contributed by atoms with Crippen LogP contribution in [0.25, 0.3) is 10.2 Å². The lowest BCUT2D eigenvalue weighted by atomic mass is 10.2. The predicted molar refractivity (Wildman–Crippen MR) is 124 cm³/mol. The standard InChI is InChI=1S/C21H21N3O5S3/c1-4-11-23-18-15(28-2)9-10-16(29-3)19(18)31-21(23)22-20(25)14-7-5-12-24(14)32(26,27)17-8-6-13-30-17/h1,6,8-10,13-14H,5,7,11-12H2,2-3H3/t14-/m1/s1. The van der Waals surface area contributed by atoms with Crippen LogP contribution >= 0.6 is 22.7 Å². The number of benzene rings is 1. The van der Waals surface area contributed by atoms with Crippen molar-refractivity contribution >= 4 is 48.8 Å². The highest BCUT2D eigenvalue weighted by atomic mass is 32.2. The minimum Gasteiger partial charge on any atom is -0.495 e. The number of amides is 1. The van der Waals surface area contributed by atoms with E-state index in [9.17, 15) is 13.2 Å². The number of hydrogen-bond acceptors (Lipinski definition) is 7. The van der Waals surface area contributed by atoms with Gasteiger partial charge in [-0.25, -0.2) is 8.42 Å². The van der Waals surface area contributed by atoms with E-state index in [1.165, 1.54) is 15.6 Å². The zero-order valence-corrected chi connectivity index (χ0v) is 19.9. The largest absolute Gasteiger partial charge is 0.495 e. The summed E-state index contributed by atoms with van der Waals surface area (Å²) in [6.45, 7) is 0.447. The third-order valence-electron chi connectivity index (χ3n) is 5.19. The minimum absolute atomic E-state index is 0.164. The van der Waals surface area contributed by atoms with Gasteiger partial charge in [-0.3, -0.25) is 4.79 Å². The first kappa shape index (κ1) is 22.5. The Labute approximate surface area is 193 Å². The number of thiophene rings is 1. The lowest BCUT2D eigenvalue weighted by Crippen LogP contribution is -2.40. The lowest BCUT2D eigenvalue weighted by Gasteiger charge is -2.20. The molecule has 4 rings (SSSR count). The topological polar surface area (TPSA) is 90.2 Å². The van der Waals surface area contributed by atoms with Gasteiger partial charge in [0, 0.05) is 6.54 Å². The van der Waals surface area contributed by atoms with E-state index in [0.717, 1.165) is 16.0 Å². The Morgan fingerprint density at radius 2 is 2.03 bits per heavy atom. The minimum atomic E-state index is -3.75. The Morgan fingerprint density at radius 3 is 2.69 bits per heavy atom. The van der Waals surface area contributed by atoms with Crippen LogP contribution < -0.4 is 14.3 Å². The van der Waals surface area contributed by atoms with Crippen LogP contribution in [0, 0.1) is 12.3 Å². The molecule has 168 valence electrons. The van der Waals surface area contributed by atoms with E-state index in [4.69, 9.17) is 15.9 Å². The fraction of sp³-hybridized carbons (Fsp3) is 0.333. The van der Waals surface area contributed by atoms with Gasteiger partial charge in [0.05, 0.1) is 20.8 Å². The highest BCUT2D eigenvalue weighted by molar-refractivity contribution is 7.91. The van der Waals surface area contributed by atoms with Crippen LogP contribution in [0.2, 0.25) is 0 Å². The molecule has 1 saturated heterocycles. The Bertz CT molecular complexity index is 1360. The first-order valence-electron chi connectivity index (χ1n) is 9.74. The van der Waals surface area contributed by atoms with E-state index in [2.05, 4.69) is 10.9 Å². The van der Waals surface area contributed by atoms with Gasteiger partial charge in [0.15, 0.2) is 4.80 Å². The van der Waals surface area contributed by atoms with E-state index < -0.39 is 22.0 Å². The van der Waals surface area contributed by atoms with Gasteiger partial charge in [-0.1, -0.05) is 23.3 Å². The number of fused-ring (bicyclic) bond motifs is 1. The number of thiazole rings is 1. The second-order valence-corrected chi connectivity index (χ2v) is 11.0. The average molecular weight is 492 g/mol. The number of carbonyl (C=O) groups excluding carboxylic acids is 1. The number of methoxy groups -OCH3 is 2. The summed E-state index contributed by atoms with van der Waals surface area (Å²) >= 11 is 2.38. The van der Waals surface area contributed by atoms with Crippen molar-refractivity contribution in [2.24, 2.45) is 4.99 Å². The summed E-state index contributed by atoms with van der Waals surface area (Å²) in [5, 5.41) is 1.70. The second kappa shape index (κ2) is 9.07. The summed E-state index contributed by atoms with van der Waals surface area (Å²) in [6.07, 6.45) is 6.59. The first-order chi connectivity index (χ1) is 15.4. The number of aromatic nitrogens is 1. The van der Waals surface area contributed by atoms with Crippen molar-refractivity contribution in [2.75, 3.05) is 20.8 Å². The summed E-state index contributed by atoms with van der Waals surface area (Å²) in [4.78, 5) is 17.9. The van der Waals surface area contributed by atoms with Gasteiger partial charge < -0.3 is 14.0 Å². The maximum atomic E-state index is 13.2. The molecular weight excluding hydrogens is 470 g/mol. The van der Waals surface area contributed by atoms with Gasteiger partial charge in [0.1, 0.15) is 32.0 Å². The quantitative estimate of drug-likeness (QED) is 0.495. The van der Waals surface area contributed by atoms with Gasteiger partial charge in [-0.15, -0.1) is 17.8 Å². The number of hydrogen-bond donors (Lipinski definition) is 0. The Kier molecular flexibility index (Phi) is 6.39. The molecule has 0 unspecified atom stereocenters. The maximum absolute atomic E-state index is 13.2.